The first-order chi connectivity index (χ1) is 9.48. The molecule has 1 aliphatic heterocycles. The number of aromatic nitrogens is 1. The van der Waals surface area contributed by atoms with Gasteiger partial charge in [-0.25, -0.2) is 0 Å². The minimum absolute atomic E-state index is 0.0947. The van der Waals surface area contributed by atoms with E-state index in [4.69, 9.17) is 9.47 Å². The molecule has 110 valence electrons. The third-order valence-corrected chi connectivity index (χ3v) is 3.40. The van der Waals surface area contributed by atoms with Gasteiger partial charge in [0, 0.05) is 24.9 Å². The Bertz CT molecular complexity index is 453. The lowest BCUT2D eigenvalue weighted by atomic mass is 10.0. The van der Waals surface area contributed by atoms with Gasteiger partial charge in [0.1, 0.15) is 0 Å². The van der Waals surface area contributed by atoms with Gasteiger partial charge in [-0.3, -0.25) is 9.78 Å². The van der Waals surface area contributed by atoms with Crippen molar-refractivity contribution in [3.8, 4) is 0 Å². The molecule has 1 N–H and O–H groups in total. The van der Waals surface area contributed by atoms with E-state index in [2.05, 4.69) is 17.2 Å². The summed E-state index contributed by atoms with van der Waals surface area (Å²) in [6, 6.07) is 3.62. The summed E-state index contributed by atoms with van der Waals surface area (Å²) in [5.74, 6) is -0.321. The molecule has 1 aliphatic rings. The maximum absolute atomic E-state index is 12.0. The van der Waals surface area contributed by atoms with E-state index in [1.165, 1.54) is 0 Å². The topological polar surface area (TPSA) is 60.5 Å². The van der Waals surface area contributed by atoms with Gasteiger partial charge in [0.2, 0.25) is 0 Å². The van der Waals surface area contributed by atoms with Crippen molar-refractivity contribution in [2.75, 3.05) is 19.8 Å². The molecule has 0 saturated carbocycles. The van der Waals surface area contributed by atoms with Gasteiger partial charge >= 0.3 is 0 Å². The zero-order valence-electron chi connectivity index (χ0n) is 12.3. The molecule has 1 amide bonds. The Balaban J connectivity index is 1.79. The lowest BCUT2D eigenvalue weighted by Gasteiger charge is -2.26. The first-order valence-electron chi connectivity index (χ1n) is 6.97. The largest absolute Gasteiger partial charge is 0.352 e. The molecule has 0 radical (unpaired) electrons. The first kappa shape index (κ1) is 14.9. The van der Waals surface area contributed by atoms with E-state index in [-0.39, 0.29) is 11.8 Å². The van der Waals surface area contributed by atoms with Gasteiger partial charge in [-0.1, -0.05) is 6.92 Å². The molecule has 1 aromatic rings. The van der Waals surface area contributed by atoms with Crippen molar-refractivity contribution in [1.82, 2.24) is 10.3 Å². The van der Waals surface area contributed by atoms with Crippen LogP contribution in [0.3, 0.4) is 0 Å². The van der Waals surface area contributed by atoms with Gasteiger partial charge < -0.3 is 14.8 Å². The maximum atomic E-state index is 12.0. The third kappa shape index (κ3) is 4.02. The molecule has 0 bridgehead atoms. The second kappa shape index (κ2) is 6.33. The van der Waals surface area contributed by atoms with E-state index >= 15 is 0 Å². The van der Waals surface area contributed by atoms with Gasteiger partial charge in [0.25, 0.3) is 5.91 Å². The van der Waals surface area contributed by atoms with Crippen LogP contribution in [0.4, 0.5) is 0 Å². The summed E-state index contributed by atoms with van der Waals surface area (Å²) in [7, 11) is 0. The van der Waals surface area contributed by atoms with Gasteiger partial charge in [0.05, 0.1) is 18.8 Å². The van der Waals surface area contributed by atoms with E-state index in [9.17, 15) is 4.79 Å². The van der Waals surface area contributed by atoms with Crippen LogP contribution in [-0.4, -0.2) is 36.4 Å². The molecule has 0 aromatic carbocycles. The Morgan fingerprint density at radius 2 is 2.15 bits per heavy atom. The summed E-state index contributed by atoms with van der Waals surface area (Å²) in [5, 5.41) is 2.92. The fraction of sp³-hybridized carbons (Fsp3) is 0.600. The fourth-order valence-corrected chi connectivity index (χ4v) is 2.35. The molecule has 20 heavy (non-hydrogen) atoms. The first-order valence-corrected chi connectivity index (χ1v) is 6.97. The van der Waals surface area contributed by atoms with E-state index in [1.807, 2.05) is 19.9 Å². The quantitative estimate of drug-likeness (QED) is 0.893. The van der Waals surface area contributed by atoms with Crippen LogP contribution in [0.1, 0.15) is 36.3 Å². The summed E-state index contributed by atoms with van der Waals surface area (Å²) >= 11 is 0. The average Bonchev–Trinajstić information content (AvgIpc) is 2.83. The molecule has 1 atom stereocenters. The fourth-order valence-electron chi connectivity index (χ4n) is 2.35. The summed E-state index contributed by atoms with van der Waals surface area (Å²) in [6.07, 6.45) is 2.36. The molecule has 0 spiro atoms. The van der Waals surface area contributed by atoms with E-state index in [1.54, 1.807) is 12.3 Å². The molecule has 2 rings (SSSR count). The molecular weight excluding hydrogens is 256 g/mol. The highest BCUT2D eigenvalue weighted by Crippen LogP contribution is 2.26. The standard InChI is InChI=1S/C15H22N2O3/c1-11(8-15(3)19-6-7-20-15)9-17-14(18)13-5-4-12(2)16-10-13/h4-5,10-11H,6-9H2,1-3H3,(H,17,18). The van der Waals surface area contributed by atoms with Crippen molar-refractivity contribution < 1.29 is 14.3 Å². The third-order valence-electron chi connectivity index (χ3n) is 3.40. The number of carbonyl (C=O) groups is 1. The molecule has 1 aromatic heterocycles. The lowest BCUT2D eigenvalue weighted by molar-refractivity contribution is -0.153. The Labute approximate surface area is 119 Å². The molecule has 0 aliphatic carbocycles. The van der Waals surface area contributed by atoms with E-state index in [0.717, 1.165) is 12.1 Å². The second-order valence-corrected chi connectivity index (χ2v) is 5.54. The van der Waals surface area contributed by atoms with Crippen LogP contribution in [0.25, 0.3) is 0 Å². The second-order valence-electron chi connectivity index (χ2n) is 5.54. The smallest absolute Gasteiger partial charge is 0.252 e. The van der Waals surface area contributed by atoms with Crippen LogP contribution in [0.5, 0.6) is 0 Å². The number of pyridine rings is 1. The molecule has 2 heterocycles. The monoisotopic (exact) mass is 278 g/mol. The average molecular weight is 278 g/mol. The van der Waals surface area contributed by atoms with Crippen molar-refractivity contribution in [3.63, 3.8) is 0 Å². The number of hydrogen-bond acceptors (Lipinski definition) is 4. The zero-order chi connectivity index (χ0) is 14.6. The highest BCUT2D eigenvalue weighted by molar-refractivity contribution is 5.93. The Morgan fingerprint density at radius 3 is 2.75 bits per heavy atom. The Morgan fingerprint density at radius 1 is 1.45 bits per heavy atom. The summed E-state index contributed by atoms with van der Waals surface area (Å²) in [4.78, 5) is 16.1. The number of nitrogens with one attached hydrogen (secondary N) is 1. The summed E-state index contributed by atoms with van der Waals surface area (Å²) in [6.45, 7) is 7.79. The molecule has 5 heteroatoms. The van der Waals surface area contributed by atoms with Gasteiger partial charge in [-0.05, 0) is 31.9 Å². The molecular formula is C15H22N2O3. The highest BCUT2D eigenvalue weighted by atomic mass is 16.7. The van der Waals surface area contributed by atoms with Crippen molar-refractivity contribution >= 4 is 5.91 Å². The van der Waals surface area contributed by atoms with Crippen LogP contribution in [0.2, 0.25) is 0 Å². The number of hydrogen-bond donors (Lipinski definition) is 1. The van der Waals surface area contributed by atoms with Crippen LogP contribution in [0, 0.1) is 12.8 Å². The number of carbonyl (C=O) groups excluding carboxylic acids is 1. The van der Waals surface area contributed by atoms with Crippen LogP contribution >= 0.6 is 0 Å². The Kier molecular flexibility index (Phi) is 4.73. The zero-order valence-corrected chi connectivity index (χ0v) is 12.3. The molecule has 1 fully saturated rings. The van der Waals surface area contributed by atoms with E-state index < -0.39 is 5.79 Å². The highest BCUT2D eigenvalue weighted by Gasteiger charge is 2.32. The summed E-state index contributed by atoms with van der Waals surface area (Å²) < 4.78 is 11.1. The molecule has 1 saturated heterocycles. The van der Waals surface area contributed by atoms with Gasteiger partial charge in [-0.2, -0.15) is 0 Å². The van der Waals surface area contributed by atoms with Crippen LogP contribution in [-0.2, 0) is 9.47 Å². The van der Waals surface area contributed by atoms with E-state index in [0.29, 0.717) is 25.3 Å². The predicted molar refractivity (Wildman–Crippen MR) is 75.4 cm³/mol. The number of ether oxygens (including phenoxy) is 2. The van der Waals surface area contributed by atoms with Crippen molar-refractivity contribution in [1.29, 1.82) is 0 Å². The SMILES string of the molecule is Cc1ccc(C(=O)NCC(C)CC2(C)OCCO2)cn1. The molecule has 5 nitrogen and oxygen atoms in total. The minimum Gasteiger partial charge on any atom is -0.352 e. The van der Waals surface area contributed by atoms with Crippen LogP contribution < -0.4 is 5.32 Å². The number of amides is 1. The van der Waals surface area contributed by atoms with Crippen LogP contribution in [0.15, 0.2) is 18.3 Å². The lowest BCUT2D eigenvalue weighted by Crippen LogP contribution is -2.34. The molecule has 1 unspecified atom stereocenters. The van der Waals surface area contributed by atoms with Gasteiger partial charge in [-0.15, -0.1) is 0 Å². The number of nitrogens with zero attached hydrogens (tertiary/aromatic N) is 1. The van der Waals surface area contributed by atoms with Crippen molar-refractivity contribution in [3.05, 3.63) is 29.6 Å². The minimum atomic E-state index is -0.504. The van der Waals surface area contributed by atoms with Crippen molar-refractivity contribution in [2.45, 2.75) is 33.0 Å². The predicted octanol–water partition coefficient (Wildman–Crippen LogP) is 1.91. The number of rotatable bonds is 5. The normalized spacial score (nSPS) is 18.8. The van der Waals surface area contributed by atoms with Gasteiger partial charge in [0.15, 0.2) is 5.79 Å². The number of aryl methyl sites for hydroxylation is 1. The maximum Gasteiger partial charge on any atom is 0.252 e. The Hall–Kier alpha value is -1.46. The summed E-state index contributed by atoms with van der Waals surface area (Å²) in [5.41, 5.74) is 1.49. The van der Waals surface area contributed by atoms with Crippen molar-refractivity contribution in [2.24, 2.45) is 5.92 Å².